The Kier molecular flexibility index (Phi) is 7.02. The molecule has 4 rings (SSSR count). The highest BCUT2D eigenvalue weighted by atomic mass is 32.1. The van der Waals surface area contributed by atoms with Crippen LogP contribution in [0.25, 0.3) is 0 Å². The van der Waals surface area contributed by atoms with Crippen molar-refractivity contribution < 1.29 is 19.2 Å². The molecule has 2 aromatic carbocycles. The van der Waals surface area contributed by atoms with E-state index in [1.165, 1.54) is 15.3 Å². The average Bonchev–Trinajstić information content (AvgIpc) is 3.23. The van der Waals surface area contributed by atoms with Gasteiger partial charge in [-0.15, -0.1) is 11.3 Å². The molecule has 1 atom stereocenters. The van der Waals surface area contributed by atoms with Crippen LogP contribution in [-0.2, 0) is 11.2 Å². The fourth-order valence-corrected chi connectivity index (χ4v) is 5.12. The van der Waals surface area contributed by atoms with Crippen LogP contribution in [0.1, 0.15) is 39.3 Å². The van der Waals surface area contributed by atoms with Gasteiger partial charge in [0.1, 0.15) is 29.9 Å². The van der Waals surface area contributed by atoms with E-state index in [4.69, 9.17) is 9.47 Å². The van der Waals surface area contributed by atoms with Gasteiger partial charge in [-0.1, -0.05) is 37.3 Å². The van der Waals surface area contributed by atoms with Crippen LogP contribution in [0.2, 0.25) is 0 Å². The van der Waals surface area contributed by atoms with Crippen LogP contribution >= 0.6 is 11.3 Å². The molecular weight excluding hydrogens is 408 g/mol. The number of aryl methyl sites for hydroxylation is 1. The zero-order chi connectivity index (χ0) is 21.6. The number of ether oxygens (including phenoxy) is 2. The quantitative estimate of drug-likeness (QED) is 0.594. The predicted molar refractivity (Wildman–Crippen MR) is 124 cm³/mol. The van der Waals surface area contributed by atoms with Crippen molar-refractivity contribution in [2.45, 2.75) is 19.4 Å². The first kappa shape index (κ1) is 21.6. The number of amides is 1. The number of carbonyl (C=O) groups excluding carboxylic acids is 1. The number of hydrogen-bond acceptors (Lipinski definition) is 4. The minimum absolute atomic E-state index is 0.0762. The fourth-order valence-electron chi connectivity index (χ4n) is 4.09. The summed E-state index contributed by atoms with van der Waals surface area (Å²) in [6.45, 7) is 5.48. The molecule has 1 fully saturated rings. The zero-order valence-electron chi connectivity index (χ0n) is 18.0. The smallest absolute Gasteiger partial charge is 0.256 e. The largest absolute Gasteiger partial charge is 0.497 e. The lowest BCUT2D eigenvalue weighted by Gasteiger charge is -2.32. The van der Waals surface area contributed by atoms with Crippen molar-refractivity contribution in [3.05, 3.63) is 82.2 Å². The molecule has 0 saturated carbocycles. The summed E-state index contributed by atoms with van der Waals surface area (Å²) in [5, 5.41) is 4.13. The van der Waals surface area contributed by atoms with E-state index in [1.54, 1.807) is 18.4 Å². The number of morpholine rings is 1. The predicted octanol–water partition coefficient (Wildman–Crippen LogP) is 3.58. The van der Waals surface area contributed by atoms with Crippen molar-refractivity contribution in [1.29, 1.82) is 0 Å². The van der Waals surface area contributed by atoms with Gasteiger partial charge < -0.3 is 19.7 Å². The molecule has 1 aliphatic rings. The van der Waals surface area contributed by atoms with Crippen LogP contribution in [0, 0.1) is 0 Å². The van der Waals surface area contributed by atoms with E-state index in [-0.39, 0.29) is 11.9 Å². The Labute approximate surface area is 187 Å². The normalized spacial score (nSPS) is 15.4. The van der Waals surface area contributed by atoms with Crippen LogP contribution in [0.5, 0.6) is 5.75 Å². The van der Waals surface area contributed by atoms with Gasteiger partial charge in [0, 0.05) is 21.6 Å². The Hall–Kier alpha value is -2.67. The Bertz CT molecular complexity index is 1010. The van der Waals surface area contributed by atoms with Crippen LogP contribution in [0.15, 0.2) is 60.7 Å². The molecule has 1 amide bonds. The number of thiophene rings is 1. The number of carbonyl (C=O) groups is 1. The molecule has 1 aliphatic heterocycles. The van der Waals surface area contributed by atoms with E-state index in [0.717, 1.165) is 49.0 Å². The number of anilines is 1. The lowest BCUT2D eigenvalue weighted by Crippen LogP contribution is -3.14. The van der Waals surface area contributed by atoms with Gasteiger partial charge in [-0.25, -0.2) is 0 Å². The summed E-state index contributed by atoms with van der Waals surface area (Å²) in [6, 6.07) is 20.0. The number of hydrogen-bond donors (Lipinski definition) is 2. The molecule has 2 N–H and O–H groups in total. The van der Waals surface area contributed by atoms with E-state index in [0.29, 0.717) is 5.56 Å². The summed E-state index contributed by atoms with van der Waals surface area (Å²) in [6.07, 6.45) is 0.933. The Morgan fingerprint density at radius 1 is 1.13 bits per heavy atom. The van der Waals surface area contributed by atoms with Crippen LogP contribution < -0.4 is 15.0 Å². The van der Waals surface area contributed by atoms with E-state index in [9.17, 15) is 4.79 Å². The first-order valence-corrected chi connectivity index (χ1v) is 11.6. The molecule has 6 heteroatoms. The van der Waals surface area contributed by atoms with E-state index < -0.39 is 0 Å². The summed E-state index contributed by atoms with van der Waals surface area (Å²) >= 11 is 1.67. The Morgan fingerprint density at radius 2 is 1.90 bits per heavy atom. The maximum atomic E-state index is 12.9. The molecule has 1 saturated heterocycles. The third-order valence-corrected chi connectivity index (χ3v) is 6.92. The van der Waals surface area contributed by atoms with Gasteiger partial charge in [-0.3, -0.25) is 4.79 Å². The molecule has 3 aromatic rings. The first-order valence-electron chi connectivity index (χ1n) is 10.7. The lowest BCUT2D eigenvalue weighted by atomic mass is 9.97. The number of nitrogens with one attached hydrogen (secondary N) is 2. The van der Waals surface area contributed by atoms with Crippen molar-refractivity contribution in [2.75, 3.05) is 38.7 Å². The molecule has 2 heterocycles. The van der Waals surface area contributed by atoms with Gasteiger partial charge in [0.05, 0.1) is 20.3 Å². The van der Waals surface area contributed by atoms with Gasteiger partial charge in [-0.05, 0) is 36.8 Å². The zero-order valence-corrected chi connectivity index (χ0v) is 18.8. The molecule has 0 spiro atoms. The molecule has 0 unspecified atom stereocenters. The van der Waals surface area contributed by atoms with Crippen LogP contribution in [0.3, 0.4) is 0 Å². The van der Waals surface area contributed by atoms with Crippen molar-refractivity contribution in [2.24, 2.45) is 0 Å². The van der Waals surface area contributed by atoms with Crippen LogP contribution in [0.4, 0.5) is 5.00 Å². The monoisotopic (exact) mass is 437 g/mol. The maximum Gasteiger partial charge on any atom is 0.256 e. The van der Waals surface area contributed by atoms with Crippen molar-refractivity contribution in [3.63, 3.8) is 0 Å². The molecule has 162 valence electrons. The van der Waals surface area contributed by atoms with E-state index in [1.807, 2.05) is 42.5 Å². The number of quaternary nitrogens is 1. The van der Waals surface area contributed by atoms with Gasteiger partial charge in [-0.2, -0.15) is 0 Å². The first-order chi connectivity index (χ1) is 15.2. The summed E-state index contributed by atoms with van der Waals surface area (Å²) in [4.78, 5) is 15.7. The standard InChI is InChI=1S/C25H28N2O3S/c1-3-21-17-22(25(31-21)26-24(28)18-8-5-4-6-9-18)23(27-12-14-30-15-13-27)19-10-7-11-20(16-19)29-2/h4-11,16-17,23H,3,12-15H2,1-2H3,(H,26,28)/p+1/t23-/m0/s1. The number of rotatable bonds is 7. The molecule has 0 radical (unpaired) electrons. The van der Waals surface area contributed by atoms with Gasteiger partial charge in [0.2, 0.25) is 0 Å². The molecule has 0 aliphatic carbocycles. The van der Waals surface area contributed by atoms with Crippen molar-refractivity contribution >= 4 is 22.2 Å². The fraction of sp³-hybridized carbons (Fsp3) is 0.320. The van der Waals surface area contributed by atoms with Crippen molar-refractivity contribution in [3.8, 4) is 5.75 Å². The third kappa shape index (κ3) is 4.98. The second-order valence-electron chi connectivity index (χ2n) is 7.65. The molecular formula is C25H29N2O3S+. The SMILES string of the molecule is CCc1cc([C@H](c2cccc(OC)c2)[NH+]2CCOCC2)c(NC(=O)c2ccccc2)s1. The molecule has 31 heavy (non-hydrogen) atoms. The number of benzene rings is 2. The van der Waals surface area contributed by atoms with Gasteiger partial charge in [0.15, 0.2) is 0 Å². The number of methoxy groups -OCH3 is 1. The molecule has 5 nitrogen and oxygen atoms in total. The highest BCUT2D eigenvalue weighted by molar-refractivity contribution is 7.16. The summed E-state index contributed by atoms with van der Waals surface area (Å²) in [5.74, 6) is 0.767. The Balaban J connectivity index is 1.75. The van der Waals surface area contributed by atoms with E-state index >= 15 is 0 Å². The minimum Gasteiger partial charge on any atom is -0.497 e. The second kappa shape index (κ2) is 10.1. The summed E-state index contributed by atoms with van der Waals surface area (Å²) in [5.41, 5.74) is 3.01. The Morgan fingerprint density at radius 3 is 2.61 bits per heavy atom. The maximum absolute atomic E-state index is 12.9. The lowest BCUT2D eigenvalue weighted by molar-refractivity contribution is -0.933. The highest BCUT2D eigenvalue weighted by Gasteiger charge is 2.32. The minimum atomic E-state index is -0.0762. The molecule has 1 aromatic heterocycles. The molecule has 0 bridgehead atoms. The second-order valence-corrected chi connectivity index (χ2v) is 8.79. The van der Waals surface area contributed by atoms with Gasteiger partial charge in [0.25, 0.3) is 5.91 Å². The van der Waals surface area contributed by atoms with Crippen LogP contribution in [-0.4, -0.2) is 39.3 Å². The average molecular weight is 438 g/mol. The van der Waals surface area contributed by atoms with Gasteiger partial charge >= 0.3 is 0 Å². The third-order valence-electron chi connectivity index (χ3n) is 5.70. The highest BCUT2D eigenvalue weighted by Crippen LogP contribution is 2.36. The summed E-state index contributed by atoms with van der Waals surface area (Å²) < 4.78 is 11.1. The van der Waals surface area contributed by atoms with Crippen molar-refractivity contribution in [1.82, 2.24) is 0 Å². The van der Waals surface area contributed by atoms with E-state index in [2.05, 4.69) is 30.4 Å². The summed E-state index contributed by atoms with van der Waals surface area (Å²) in [7, 11) is 1.70. The topological polar surface area (TPSA) is 52.0 Å².